The van der Waals surface area contributed by atoms with Gasteiger partial charge in [-0.1, -0.05) is 44.3 Å². The van der Waals surface area contributed by atoms with E-state index in [1.807, 2.05) is 6.26 Å². The van der Waals surface area contributed by atoms with Crippen LogP contribution >= 0.6 is 23.5 Å². The highest BCUT2D eigenvalue weighted by Crippen LogP contribution is 2.29. The Morgan fingerprint density at radius 1 is 0.895 bits per heavy atom. The van der Waals surface area contributed by atoms with Gasteiger partial charge in [0.25, 0.3) is 0 Å². The zero-order valence-corrected chi connectivity index (χ0v) is 12.8. The number of nitrogens with zero attached hydrogens (tertiary/aromatic N) is 6. The Kier molecular flexibility index (Phi) is 4.31. The van der Waals surface area contributed by atoms with Gasteiger partial charge in [0.1, 0.15) is 11.4 Å². The maximum atomic E-state index is 4.45. The number of rotatable bonds is 3. The van der Waals surface area contributed by atoms with Crippen LogP contribution < -0.4 is 0 Å². The number of hydrogen-bond acceptors (Lipinski definition) is 8. The molecule has 0 aliphatic carbocycles. The van der Waals surface area contributed by atoms with Crippen molar-refractivity contribution in [3.8, 4) is 11.4 Å². The van der Waals surface area contributed by atoms with E-state index in [1.165, 1.54) is 11.8 Å². The van der Waals surface area contributed by atoms with Gasteiger partial charge >= 0.3 is 0 Å². The molecule has 2 aromatic heterocycles. The van der Waals surface area contributed by atoms with Gasteiger partial charge in [0, 0.05) is 4.75 Å². The normalized spacial score (nSPS) is 11.6. The molecule has 8 heteroatoms. The van der Waals surface area contributed by atoms with E-state index < -0.39 is 0 Å². The third-order valence-corrected chi connectivity index (χ3v) is 3.43. The van der Waals surface area contributed by atoms with Crippen molar-refractivity contribution in [2.24, 2.45) is 0 Å². The Bertz CT molecular complexity index is 569. The van der Waals surface area contributed by atoms with E-state index in [-0.39, 0.29) is 4.75 Å². The largest absolute Gasteiger partial charge is 0.218 e. The SMILES string of the molecule is CSc1nncc(-c2cnnc(SC(C)(C)C)n2)n1. The summed E-state index contributed by atoms with van der Waals surface area (Å²) in [5.74, 6) is 0. The van der Waals surface area contributed by atoms with Gasteiger partial charge in [0.05, 0.1) is 12.4 Å². The summed E-state index contributed by atoms with van der Waals surface area (Å²) in [5, 5.41) is 17.0. The zero-order valence-electron chi connectivity index (χ0n) is 11.2. The molecule has 2 rings (SSSR count). The van der Waals surface area contributed by atoms with E-state index in [0.717, 1.165) is 0 Å². The van der Waals surface area contributed by atoms with Gasteiger partial charge in [-0.15, -0.1) is 10.2 Å². The van der Waals surface area contributed by atoms with Gasteiger partial charge in [-0.05, 0) is 6.26 Å². The van der Waals surface area contributed by atoms with Crippen molar-refractivity contribution in [3.63, 3.8) is 0 Å². The van der Waals surface area contributed by atoms with Crippen LogP contribution in [0.1, 0.15) is 20.8 Å². The second-order valence-corrected chi connectivity index (χ2v) is 7.23. The van der Waals surface area contributed by atoms with Crippen molar-refractivity contribution in [3.05, 3.63) is 12.4 Å². The number of hydrogen-bond donors (Lipinski definition) is 0. The van der Waals surface area contributed by atoms with Gasteiger partial charge in [-0.25, -0.2) is 9.97 Å². The van der Waals surface area contributed by atoms with E-state index in [0.29, 0.717) is 21.7 Å². The molecule has 0 fully saturated rings. The van der Waals surface area contributed by atoms with E-state index in [2.05, 4.69) is 51.1 Å². The average Bonchev–Trinajstić information content (AvgIpc) is 2.37. The molecule has 100 valence electrons. The molecule has 0 spiro atoms. The van der Waals surface area contributed by atoms with Crippen molar-refractivity contribution in [2.75, 3.05) is 6.26 Å². The monoisotopic (exact) mass is 294 g/mol. The highest BCUT2D eigenvalue weighted by atomic mass is 32.2. The lowest BCUT2D eigenvalue weighted by molar-refractivity contribution is 0.773. The van der Waals surface area contributed by atoms with Crippen molar-refractivity contribution >= 4 is 23.5 Å². The summed E-state index contributed by atoms with van der Waals surface area (Å²) in [6.07, 6.45) is 5.07. The van der Waals surface area contributed by atoms with Gasteiger partial charge < -0.3 is 0 Å². The maximum absolute atomic E-state index is 4.45. The molecule has 6 nitrogen and oxygen atoms in total. The summed E-state index contributed by atoms with van der Waals surface area (Å²) in [6.45, 7) is 6.31. The molecule has 0 aliphatic rings. The molecule has 0 saturated heterocycles. The van der Waals surface area contributed by atoms with E-state index in [9.17, 15) is 0 Å². The van der Waals surface area contributed by atoms with Crippen LogP contribution in [0.4, 0.5) is 0 Å². The summed E-state index contributed by atoms with van der Waals surface area (Å²) in [4.78, 5) is 8.80. The number of thioether (sulfide) groups is 2. The quantitative estimate of drug-likeness (QED) is 0.798. The molecule has 0 atom stereocenters. The lowest BCUT2D eigenvalue weighted by atomic mass is 10.3. The first-order chi connectivity index (χ1) is 8.98. The topological polar surface area (TPSA) is 77.3 Å². The molecular formula is C11H14N6S2. The van der Waals surface area contributed by atoms with Crippen molar-refractivity contribution < 1.29 is 0 Å². The van der Waals surface area contributed by atoms with Crippen LogP contribution in [0, 0.1) is 0 Å². The van der Waals surface area contributed by atoms with Crippen molar-refractivity contribution in [1.29, 1.82) is 0 Å². The summed E-state index contributed by atoms with van der Waals surface area (Å²) in [7, 11) is 0. The third-order valence-electron chi connectivity index (χ3n) is 1.92. The molecule has 0 aliphatic heterocycles. The fourth-order valence-electron chi connectivity index (χ4n) is 1.22. The lowest BCUT2D eigenvalue weighted by Gasteiger charge is -2.15. The second kappa shape index (κ2) is 5.79. The summed E-state index contributed by atoms with van der Waals surface area (Å²) in [5.41, 5.74) is 1.32. The number of aromatic nitrogens is 6. The maximum Gasteiger partial charge on any atom is 0.210 e. The van der Waals surface area contributed by atoms with Gasteiger partial charge in [0.2, 0.25) is 10.3 Å². The smallest absolute Gasteiger partial charge is 0.210 e. The van der Waals surface area contributed by atoms with Gasteiger partial charge in [-0.2, -0.15) is 10.2 Å². The van der Waals surface area contributed by atoms with Crippen LogP contribution in [0.15, 0.2) is 22.7 Å². The molecule has 0 bridgehead atoms. The Morgan fingerprint density at radius 2 is 1.42 bits per heavy atom. The highest BCUT2D eigenvalue weighted by Gasteiger charge is 2.15. The van der Waals surface area contributed by atoms with Crippen LogP contribution in [-0.2, 0) is 0 Å². The van der Waals surface area contributed by atoms with E-state index in [1.54, 1.807) is 24.2 Å². The van der Waals surface area contributed by atoms with Crippen LogP contribution in [0.5, 0.6) is 0 Å². The van der Waals surface area contributed by atoms with Crippen LogP contribution in [0.3, 0.4) is 0 Å². The molecule has 19 heavy (non-hydrogen) atoms. The Hall–Kier alpha value is -1.28. The minimum absolute atomic E-state index is 0.0364. The average molecular weight is 294 g/mol. The standard InChI is InChI=1S/C11H14N6S2/c1-11(2,3)19-10-15-8(6-13-17-10)7-5-12-16-9(14-7)18-4/h5-6H,1-4H3. The predicted molar refractivity (Wildman–Crippen MR) is 76.0 cm³/mol. The summed E-state index contributed by atoms with van der Waals surface area (Å²) < 4.78 is 0.0364. The minimum atomic E-state index is 0.0364. The van der Waals surface area contributed by atoms with Crippen LogP contribution in [0.25, 0.3) is 11.4 Å². The molecule has 0 aromatic carbocycles. The van der Waals surface area contributed by atoms with Crippen LogP contribution in [-0.4, -0.2) is 41.4 Å². The van der Waals surface area contributed by atoms with Crippen molar-refractivity contribution in [1.82, 2.24) is 30.4 Å². The molecule has 2 heterocycles. The molecule has 0 unspecified atom stereocenters. The molecule has 2 aromatic rings. The second-order valence-electron chi connectivity index (χ2n) is 4.67. The van der Waals surface area contributed by atoms with Gasteiger partial charge in [-0.3, -0.25) is 0 Å². The lowest BCUT2D eigenvalue weighted by Crippen LogP contribution is -2.09. The van der Waals surface area contributed by atoms with Gasteiger partial charge in [0.15, 0.2) is 0 Å². The Morgan fingerprint density at radius 3 is 1.95 bits per heavy atom. The molecule has 0 radical (unpaired) electrons. The first kappa shape index (κ1) is 14.1. The van der Waals surface area contributed by atoms with E-state index >= 15 is 0 Å². The first-order valence-corrected chi connectivity index (χ1v) is 7.65. The van der Waals surface area contributed by atoms with Crippen LogP contribution in [0.2, 0.25) is 0 Å². The Labute approximate surface area is 120 Å². The molecular weight excluding hydrogens is 280 g/mol. The summed E-state index contributed by atoms with van der Waals surface area (Å²) in [6, 6.07) is 0. The zero-order chi connectivity index (χ0) is 13.9. The van der Waals surface area contributed by atoms with E-state index in [4.69, 9.17) is 0 Å². The molecule has 0 saturated carbocycles. The fourth-order valence-corrected chi connectivity index (χ4v) is 2.32. The summed E-state index contributed by atoms with van der Waals surface area (Å²) >= 11 is 3.00. The van der Waals surface area contributed by atoms with Crippen molar-refractivity contribution in [2.45, 2.75) is 35.8 Å². The molecule has 0 amide bonds. The third kappa shape index (κ3) is 4.10. The highest BCUT2D eigenvalue weighted by molar-refractivity contribution is 8.00. The minimum Gasteiger partial charge on any atom is -0.218 e. The molecule has 0 N–H and O–H groups in total. The fraction of sp³-hybridized carbons (Fsp3) is 0.455. The first-order valence-electron chi connectivity index (χ1n) is 5.61. The Balaban J connectivity index is 2.32. The predicted octanol–water partition coefficient (Wildman–Crippen LogP) is 2.34.